The molecule has 0 bridgehead atoms. The molecule has 2 fully saturated rings. The Balaban J connectivity index is 0.000000166. The van der Waals surface area contributed by atoms with E-state index in [-0.39, 0.29) is 71.6 Å². The van der Waals surface area contributed by atoms with Gasteiger partial charge in [-0.15, -0.1) is 0 Å². The number of hydrogen-bond donors (Lipinski definition) is 6. The highest BCUT2D eigenvalue weighted by Gasteiger charge is 2.39. The van der Waals surface area contributed by atoms with Gasteiger partial charge < -0.3 is 40.9 Å². The minimum absolute atomic E-state index is 0.0665. The van der Waals surface area contributed by atoms with Gasteiger partial charge in [-0.25, -0.2) is 28.1 Å². The van der Waals surface area contributed by atoms with Crippen LogP contribution in [-0.2, 0) is 13.1 Å². The monoisotopic (exact) mass is 896 g/mol. The molecule has 0 spiro atoms. The number of fused-ring (bicyclic) bond motifs is 2. The van der Waals surface area contributed by atoms with Crippen LogP contribution in [0.1, 0.15) is 69.9 Å². The molecule has 2 aromatic carbocycles. The van der Waals surface area contributed by atoms with Crippen LogP contribution >= 0.6 is 0 Å². The first-order valence-electron chi connectivity index (χ1n) is 21.0. The molecule has 336 valence electrons. The number of hydrogen-bond acceptors (Lipinski definition) is 14. The number of carbonyl (C=O) groups is 2. The van der Waals surface area contributed by atoms with Gasteiger partial charge >= 0.3 is 0 Å². The number of halogens is 2. The summed E-state index contributed by atoms with van der Waals surface area (Å²) < 4.78 is 32.4. The number of amides is 2. The molecule has 18 nitrogen and oxygen atoms in total. The van der Waals surface area contributed by atoms with Crippen molar-refractivity contribution in [3.8, 4) is 46.0 Å². The van der Waals surface area contributed by atoms with Crippen LogP contribution in [0, 0.1) is 34.3 Å². The highest BCUT2D eigenvalue weighted by atomic mass is 19.1. The number of nitriles is 2. The van der Waals surface area contributed by atoms with Gasteiger partial charge in [0.1, 0.15) is 22.8 Å². The zero-order valence-electron chi connectivity index (χ0n) is 35.6. The van der Waals surface area contributed by atoms with Crippen LogP contribution in [0.4, 0.5) is 20.4 Å². The smallest absolute Gasteiger partial charge is 0.255 e. The average molecular weight is 897 g/mol. The average Bonchev–Trinajstić information content (AvgIpc) is 4.13. The molecule has 66 heavy (non-hydrogen) atoms. The lowest BCUT2D eigenvalue weighted by molar-refractivity contribution is -0.0693. The third-order valence-corrected chi connectivity index (χ3v) is 12.3. The van der Waals surface area contributed by atoms with Gasteiger partial charge in [-0.3, -0.25) is 9.59 Å². The van der Waals surface area contributed by atoms with Gasteiger partial charge in [-0.05, 0) is 63.1 Å². The second kappa shape index (κ2) is 16.7. The highest BCUT2D eigenvalue weighted by molar-refractivity contribution is 6.02. The van der Waals surface area contributed by atoms with Gasteiger partial charge in [0.05, 0.1) is 118 Å². The number of pyridine rings is 2. The lowest BCUT2D eigenvalue weighted by Gasteiger charge is -2.40. The van der Waals surface area contributed by atoms with E-state index < -0.39 is 35.0 Å². The van der Waals surface area contributed by atoms with E-state index in [2.05, 4.69) is 30.8 Å². The summed E-state index contributed by atoms with van der Waals surface area (Å²) >= 11 is 0. The maximum Gasteiger partial charge on any atom is 0.255 e. The first-order valence-corrected chi connectivity index (χ1v) is 21.0. The lowest BCUT2D eigenvalue weighted by Crippen LogP contribution is -2.55. The van der Waals surface area contributed by atoms with E-state index >= 15 is 0 Å². The van der Waals surface area contributed by atoms with Crippen LogP contribution in [0.3, 0.4) is 0 Å². The van der Waals surface area contributed by atoms with Crippen molar-refractivity contribution in [2.75, 3.05) is 36.0 Å². The third-order valence-electron chi connectivity index (χ3n) is 12.3. The summed E-state index contributed by atoms with van der Waals surface area (Å²) in [5, 5.41) is 74.5. The Morgan fingerprint density at radius 1 is 0.667 bits per heavy atom. The van der Waals surface area contributed by atoms with Crippen molar-refractivity contribution >= 4 is 23.5 Å². The number of benzene rings is 2. The number of β-amino-alcohol motifs (C(OH)–C–C–N with tert-alkyl or cyclic N) is 2. The summed E-state index contributed by atoms with van der Waals surface area (Å²) in [5.74, 6) is -0.657. The zero-order valence-corrected chi connectivity index (χ0v) is 35.6. The summed E-state index contributed by atoms with van der Waals surface area (Å²) in [6.45, 7) is 4.95. The predicted octanol–water partition coefficient (Wildman–Crippen LogP) is 3.02. The summed E-state index contributed by atoms with van der Waals surface area (Å²) in [5.41, 5.74) is 0.717. The minimum atomic E-state index is -1.27. The van der Waals surface area contributed by atoms with E-state index in [1.807, 2.05) is 21.9 Å². The molecule has 0 saturated carbocycles. The predicted molar refractivity (Wildman–Crippen MR) is 232 cm³/mol. The van der Waals surface area contributed by atoms with Crippen LogP contribution in [0.5, 0.6) is 0 Å². The molecule has 2 amide bonds. The van der Waals surface area contributed by atoms with E-state index in [0.717, 1.165) is 0 Å². The first kappa shape index (κ1) is 43.6. The normalized spacial score (nSPS) is 22.1. The topological polar surface area (TPSA) is 255 Å². The second-order valence-electron chi connectivity index (χ2n) is 17.0. The van der Waals surface area contributed by atoms with E-state index in [4.69, 9.17) is 0 Å². The number of aromatic nitrogens is 6. The number of nitrogens with zero attached hydrogens (tertiary/aromatic N) is 10. The van der Waals surface area contributed by atoms with Crippen LogP contribution in [0.2, 0.25) is 0 Å². The number of carbonyl (C=O) groups excluding carboxylic acids is 2. The molecule has 4 atom stereocenters. The third kappa shape index (κ3) is 7.85. The molecule has 6 N–H and O–H groups in total. The lowest BCUT2D eigenvalue weighted by atomic mass is 9.92. The number of rotatable bonds is 6. The Morgan fingerprint density at radius 3 is 1.45 bits per heavy atom. The number of anilines is 2. The van der Waals surface area contributed by atoms with Crippen LogP contribution in [0.25, 0.3) is 33.9 Å². The van der Waals surface area contributed by atoms with Crippen LogP contribution in [-0.4, -0.2) is 111 Å². The number of aliphatic hydroxyl groups excluding tert-OH is 2. The van der Waals surface area contributed by atoms with Crippen molar-refractivity contribution in [1.29, 1.82) is 10.5 Å². The molecule has 0 aliphatic carbocycles. The molecule has 4 aliphatic heterocycles. The zero-order chi connectivity index (χ0) is 46.7. The van der Waals surface area contributed by atoms with Gasteiger partial charge in [0, 0.05) is 37.6 Å². The van der Waals surface area contributed by atoms with Gasteiger partial charge in [-0.1, -0.05) is 12.1 Å². The highest BCUT2D eigenvalue weighted by Crippen LogP contribution is 2.35. The number of aliphatic hydroxyl groups is 4. The molecule has 10 rings (SSSR count). The fourth-order valence-electron chi connectivity index (χ4n) is 8.74. The first-order chi connectivity index (χ1) is 31.6. The Bertz CT molecular complexity index is 2830. The van der Waals surface area contributed by atoms with Gasteiger partial charge in [0.25, 0.3) is 11.8 Å². The minimum Gasteiger partial charge on any atom is -0.390 e. The SMILES string of the molecule is CC1(O)CN(c2ccn(-c3cc(-c4c(F)cccc4C#N)nc4c3C(=O)NC4)n2)CC[C@H]1O.C[C@]1(O)CN(c2ccn(-c3cc(-c4c(F)cccc4C#N)nc4c3C(=O)NC4)n2)CC[C@H]1O. The molecule has 6 aromatic rings. The largest absolute Gasteiger partial charge is 0.390 e. The van der Waals surface area contributed by atoms with Crippen molar-refractivity contribution in [2.45, 2.75) is 63.2 Å². The molecular formula is C46H42F2N12O6. The maximum absolute atomic E-state index is 14.7. The maximum atomic E-state index is 14.7. The molecule has 8 heterocycles. The second-order valence-corrected chi connectivity index (χ2v) is 17.0. The fraction of sp³-hybridized carbons (Fsp3) is 0.304. The molecule has 2 saturated heterocycles. The van der Waals surface area contributed by atoms with E-state index in [1.54, 1.807) is 50.5 Å². The molecule has 4 aliphatic rings. The molecule has 4 aromatic heterocycles. The standard InChI is InChI=1S/2C23H21FN6O3/c2*1-23(33)12-29(7-5-18(23)31)19-6-8-30(28-19)17-9-15(27-16-11-26-22(32)21(16)17)20-13(10-25)3-2-4-14(20)24/h2*2-4,6,8-9,18,31,33H,5,7,11-12H2,1H3,(H,26,32)/t18-,23?;18-,23+/m11/s1. The molecule has 0 radical (unpaired) electrons. The van der Waals surface area contributed by atoms with Crippen molar-refractivity contribution in [1.82, 2.24) is 40.2 Å². The van der Waals surface area contributed by atoms with E-state index in [9.17, 15) is 49.3 Å². The van der Waals surface area contributed by atoms with Gasteiger partial charge in [0.15, 0.2) is 11.6 Å². The summed E-state index contributed by atoms with van der Waals surface area (Å²) in [6, 6.07) is 19.0. The van der Waals surface area contributed by atoms with Gasteiger partial charge in [-0.2, -0.15) is 20.7 Å². The van der Waals surface area contributed by atoms with E-state index in [0.29, 0.717) is 71.5 Å². The van der Waals surface area contributed by atoms with E-state index in [1.165, 1.54) is 45.8 Å². The Labute approximate surface area is 375 Å². The number of piperidine rings is 2. The fourth-order valence-corrected chi connectivity index (χ4v) is 8.74. The van der Waals surface area contributed by atoms with Crippen molar-refractivity contribution in [3.63, 3.8) is 0 Å². The Morgan fingerprint density at radius 2 is 1.08 bits per heavy atom. The summed E-state index contributed by atoms with van der Waals surface area (Å²) in [4.78, 5) is 37.7. The molecule has 1 unspecified atom stereocenters. The molecular weight excluding hydrogens is 855 g/mol. The molecule has 20 heteroatoms. The van der Waals surface area contributed by atoms with Gasteiger partial charge in [0.2, 0.25) is 0 Å². The van der Waals surface area contributed by atoms with Crippen molar-refractivity contribution in [3.05, 3.63) is 118 Å². The van der Waals surface area contributed by atoms with Crippen molar-refractivity contribution < 1.29 is 38.8 Å². The summed E-state index contributed by atoms with van der Waals surface area (Å²) in [6.07, 6.45) is 2.49. The quantitative estimate of drug-likeness (QED) is 0.141. The summed E-state index contributed by atoms with van der Waals surface area (Å²) in [7, 11) is 0. The van der Waals surface area contributed by atoms with Crippen LogP contribution in [0.15, 0.2) is 73.1 Å². The van der Waals surface area contributed by atoms with Crippen molar-refractivity contribution in [2.24, 2.45) is 0 Å². The van der Waals surface area contributed by atoms with Crippen LogP contribution < -0.4 is 20.4 Å². The number of nitrogens with one attached hydrogen (secondary N) is 2. The Kier molecular flexibility index (Phi) is 11.1. The Hall–Kier alpha value is -7.62.